The molecule has 0 fully saturated rings. The summed E-state index contributed by atoms with van der Waals surface area (Å²) in [5, 5.41) is 7.76. The molecule has 0 saturated carbocycles. The Kier molecular flexibility index (Phi) is 6.74. The van der Waals surface area contributed by atoms with Gasteiger partial charge in [0.25, 0.3) is 0 Å². The lowest BCUT2D eigenvalue weighted by Crippen LogP contribution is -2.36. The van der Waals surface area contributed by atoms with Crippen LogP contribution in [0.5, 0.6) is 0 Å². The molecule has 1 atom stereocenters. The molecule has 128 valence electrons. The zero-order chi connectivity index (χ0) is 17.4. The summed E-state index contributed by atoms with van der Waals surface area (Å²) in [4.78, 5) is 27.3. The van der Waals surface area contributed by atoms with Gasteiger partial charge < -0.3 is 10.1 Å². The molecular formula is C17H21N3O3S. The minimum atomic E-state index is -0.356. The molecule has 0 aliphatic rings. The molecule has 2 N–H and O–H groups in total. The predicted octanol–water partition coefficient (Wildman–Crippen LogP) is 3.00. The maximum Gasteiger partial charge on any atom is 0.321 e. The van der Waals surface area contributed by atoms with E-state index >= 15 is 0 Å². The predicted molar refractivity (Wildman–Crippen MR) is 94.2 cm³/mol. The first-order valence-corrected chi connectivity index (χ1v) is 8.57. The lowest BCUT2D eigenvalue weighted by molar-refractivity contribution is -0.139. The van der Waals surface area contributed by atoms with Crippen molar-refractivity contribution >= 4 is 28.5 Å². The number of anilines is 1. The smallest absolute Gasteiger partial charge is 0.321 e. The van der Waals surface area contributed by atoms with Gasteiger partial charge in [0.1, 0.15) is 0 Å². The number of carbonyl (C=O) groups is 2. The molecule has 6 nitrogen and oxygen atoms in total. The highest BCUT2D eigenvalue weighted by Gasteiger charge is 2.11. The Morgan fingerprint density at radius 2 is 2.04 bits per heavy atom. The summed E-state index contributed by atoms with van der Waals surface area (Å²) >= 11 is 1.28. The van der Waals surface area contributed by atoms with Gasteiger partial charge in [0.15, 0.2) is 5.13 Å². The molecule has 24 heavy (non-hydrogen) atoms. The number of hydrogen-bond donors (Lipinski definition) is 2. The van der Waals surface area contributed by atoms with Crippen LogP contribution in [0.25, 0.3) is 0 Å². The molecule has 2 rings (SSSR count). The summed E-state index contributed by atoms with van der Waals surface area (Å²) < 4.78 is 4.59. The van der Waals surface area contributed by atoms with Crippen molar-refractivity contribution in [3.63, 3.8) is 0 Å². The van der Waals surface area contributed by atoms with E-state index in [9.17, 15) is 9.59 Å². The average molecular weight is 347 g/mol. The fraction of sp³-hybridized carbons (Fsp3) is 0.353. The SMILES string of the molecule is COC(=O)Cc1csc(NC(=O)NC(C)CCc2ccccc2)n1. The van der Waals surface area contributed by atoms with Crippen LogP contribution in [0.4, 0.5) is 9.93 Å². The molecule has 2 aromatic rings. The van der Waals surface area contributed by atoms with E-state index in [2.05, 4.69) is 32.5 Å². The average Bonchev–Trinajstić information content (AvgIpc) is 3.00. The standard InChI is InChI=1S/C17H21N3O3S/c1-12(8-9-13-6-4-3-5-7-13)18-16(22)20-17-19-14(11-24-17)10-15(21)23-2/h3-7,11-12H,8-10H2,1-2H3,(H2,18,19,20,22). The first kappa shape index (κ1) is 17.9. The van der Waals surface area contributed by atoms with Crippen LogP contribution in [0.3, 0.4) is 0 Å². The number of urea groups is 1. The highest BCUT2D eigenvalue weighted by Crippen LogP contribution is 2.16. The molecular weight excluding hydrogens is 326 g/mol. The lowest BCUT2D eigenvalue weighted by Gasteiger charge is -2.13. The molecule has 1 aromatic heterocycles. The van der Waals surface area contributed by atoms with E-state index in [4.69, 9.17) is 0 Å². The van der Waals surface area contributed by atoms with E-state index in [1.54, 1.807) is 5.38 Å². The number of nitrogens with zero attached hydrogens (tertiary/aromatic N) is 1. The summed E-state index contributed by atoms with van der Waals surface area (Å²) in [6.45, 7) is 1.97. The highest BCUT2D eigenvalue weighted by atomic mass is 32.1. The molecule has 0 aliphatic heterocycles. The fourth-order valence-corrected chi connectivity index (χ4v) is 2.83. The van der Waals surface area contributed by atoms with Crippen LogP contribution in [0.1, 0.15) is 24.6 Å². The number of methoxy groups -OCH3 is 1. The number of esters is 1. The van der Waals surface area contributed by atoms with Crippen LogP contribution in [0, 0.1) is 0 Å². The second-order valence-electron chi connectivity index (χ2n) is 5.42. The fourth-order valence-electron chi connectivity index (χ4n) is 2.12. The zero-order valence-corrected chi connectivity index (χ0v) is 14.6. The lowest BCUT2D eigenvalue weighted by atomic mass is 10.1. The molecule has 7 heteroatoms. The van der Waals surface area contributed by atoms with Crippen molar-refractivity contribution in [2.24, 2.45) is 0 Å². The highest BCUT2D eigenvalue weighted by molar-refractivity contribution is 7.13. The molecule has 1 heterocycles. The van der Waals surface area contributed by atoms with Gasteiger partial charge in [-0.25, -0.2) is 9.78 Å². The third-order valence-electron chi connectivity index (χ3n) is 3.41. The molecule has 2 amide bonds. The topological polar surface area (TPSA) is 80.3 Å². The Morgan fingerprint density at radius 1 is 1.29 bits per heavy atom. The van der Waals surface area contributed by atoms with Crippen LogP contribution in [-0.2, 0) is 22.4 Å². The molecule has 0 aliphatic carbocycles. The van der Waals surface area contributed by atoms with E-state index in [1.807, 2.05) is 25.1 Å². The number of hydrogen-bond acceptors (Lipinski definition) is 5. The Balaban J connectivity index is 1.75. The van der Waals surface area contributed by atoms with E-state index < -0.39 is 0 Å². The van der Waals surface area contributed by atoms with E-state index in [0.717, 1.165) is 12.8 Å². The number of ether oxygens (including phenoxy) is 1. The maximum absolute atomic E-state index is 12.0. The molecule has 0 radical (unpaired) electrons. The summed E-state index contributed by atoms with van der Waals surface area (Å²) in [6.07, 6.45) is 1.86. The minimum absolute atomic E-state index is 0.0414. The summed E-state index contributed by atoms with van der Waals surface area (Å²) in [6, 6.07) is 9.90. The first-order chi connectivity index (χ1) is 11.6. The second-order valence-corrected chi connectivity index (χ2v) is 6.28. The maximum atomic E-state index is 12.0. The first-order valence-electron chi connectivity index (χ1n) is 7.69. The van der Waals surface area contributed by atoms with Gasteiger partial charge in [-0.1, -0.05) is 30.3 Å². The normalized spacial score (nSPS) is 11.6. The van der Waals surface area contributed by atoms with Crippen molar-refractivity contribution in [2.45, 2.75) is 32.2 Å². The van der Waals surface area contributed by atoms with Gasteiger partial charge >= 0.3 is 12.0 Å². The number of aryl methyl sites for hydroxylation is 1. The van der Waals surface area contributed by atoms with Gasteiger partial charge in [0, 0.05) is 11.4 Å². The number of amides is 2. The van der Waals surface area contributed by atoms with Crippen LogP contribution in [0.2, 0.25) is 0 Å². The summed E-state index contributed by atoms with van der Waals surface area (Å²) in [5.74, 6) is -0.356. The third kappa shape index (κ3) is 6.00. The Bertz CT molecular complexity index is 673. The monoisotopic (exact) mass is 347 g/mol. The summed E-state index contributed by atoms with van der Waals surface area (Å²) in [7, 11) is 1.33. The number of thiazole rings is 1. The molecule has 1 aromatic carbocycles. The quantitative estimate of drug-likeness (QED) is 0.755. The molecule has 1 unspecified atom stereocenters. The van der Waals surface area contributed by atoms with Crippen molar-refractivity contribution in [1.82, 2.24) is 10.3 Å². The number of carbonyl (C=O) groups excluding carboxylic acids is 2. The van der Waals surface area contributed by atoms with Crippen LogP contribution < -0.4 is 10.6 Å². The van der Waals surface area contributed by atoms with Crippen molar-refractivity contribution in [1.29, 1.82) is 0 Å². The summed E-state index contributed by atoms with van der Waals surface area (Å²) in [5.41, 5.74) is 1.83. The Labute approximate surface area is 145 Å². The number of aromatic nitrogens is 1. The molecule has 0 spiro atoms. The van der Waals surface area contributed by atoms with E-state index in [0.29, 0.717) is 10.8 Å². The van der Waals surface area contributed by atoms with Gasteiger partial charge in [-0.05, 0) is 25.3 Å². The Hall–Kier alpha value is -2.41. The van der Waals surface area contributed by atoms with Crippen LogP contribution >= 0.6 is 11.3 Å². The minimum Gasteiger partial charge on any atom is -0.469 e. The third-order valence-corrected chi connectivity index (χ3v) is 4.22. The number of nitrogens with one attached hydrogen (secondary N) is 2. The zero-order valence-electron chi connectivity index (χ0n) is 13.7. The van der Waals surface area contributed by atoms with Crippen molar-refractivity contribution in [3.05, 3.63) is 47.0 Å². The van der Waals surface area contributed by atoms with Gasteiger partial charge in [0.2, 0.25) is 0 Å². The van der Waals surface area contributed by atoms with Gasteiger partial charge in [-0.15, -0.1) is 11.3 Å². The second kappa shape index (κ2) is 9.02. The van der Waals surface area contributed by atoms with Gasteiger partial charge in [0.05, 0.1) is 19.2 Å². The van der Waals surface area contributed by atoms with Crippen LogP contribution in [-0.4, -0.2) is 30.1 Å². The van der Waals surface area contributed by atoms with Crippen molar-refractivity contribution < 1.29 is 14.3 Å². The largest absolute Gasteiger partial charge is 0.469 e. The van der Waals surface area contributed by atoms with Crippen LogP contribution in [0.15, 0.2) is 35.7 Å². The van der Waals surface area contributed by atoms with E-state index in [-0.39, 0.29) is 24.5 Å². The van der Waals surface area contributed by atoms with Crippen molar-refractivity contribution in [3.8, 4) is 0 Å². The van der Waals surface area contributed by atoms with E-state index in [1.165, 1.54) is 24.0 Å². The number of benzene rings is 1. The molecule has 0 saturated heterocycles. The van der Waals surface area contributed by atoms with Gasteiger partial charge in [-0.3, -0.25) is 10.1 Å². The van der Waals surface area contributed by atoms with Gasteiger partial charge in [-0.2, -0.15) is 0 Å². The van der Waals surface area contributed by atoms with Crippen molar-refractivity contribution in [2.75, 3.05) is 12.4 Å². The Morgan fingerprint density at radius 3 is 2.75 bits per heavy atom. The number of rotatable bonds is 7. The molecule has 0 bridgehead atoms.